The summed E-state index contributed by atoms with van der Waals surface area (Å²) in [5, 5.41) is 13.8. The third-order valence-corrected chi connectivity index (χ3v) is 9.90. The molecule has 0 bridgehead atoms. The Morgan fingerprint density at radius 1 is 1.21 bits per heavy atom. The molecule has 3 aromatic rings. The van der Waals surface area contributed by atoms with Crippen LogP contribution in [-0.4, -0.2) is 36.1 Å². The standard InChI is InChI=1S/C21H25FN4O2Si/c1-21(2,3)29(4,5)28-9-8-27-17-10-18(15-6-7-19(22)24-12-15)20-16(11-23)13-25-26(20)14-17/h6-7,10,12-14H,8-9H2,1-5H3. The van der Waals surface area contributed by atoms with Crippen LogP contribution in [0.25, 0.3) is 16.6 Å². The quantitative estimate of drug-likeness (QED) is 0.330. The van der Waals surface area contributed by atoms with Gasteiger partial charge in [-0.2, -0.15) is 14.8 Å². The Labute approximate surface area is 171 Å². The second-order valence-electron chi connectivity index (χ2n) is 8.38. The lowest BCUT2D eigenvalue weighted by atomic mass is 10.1. The number of nitriles is 1. The normalized spacial score (nSPS) is 12.2. The number of hydrogen-bond acceptors (Lipinski definition) is 5. The lowest BCUT2D eigenvalue weighted by molar-refractivity contribution is 0.203. The van der Waals surface area contributed by atoms with E-state index in [4.69, 9.17) is 9.16 Å². The fourth-order valence-electron chi connectivity index (χ4n) is 2.69. The van der Waals surface area contributed by atoms with E-state index in [0.717, 1.165) is 0 Å². The highest BCUT2D eigenvalue weighted by atomic mass is 28.4. The fourth-order valence-corrected chi connectivity index (χ4v) is 3.71. The molecule has 8 heteroatoms. The molecule has 0 aliphatic heterocycles. The molecule has 0 radical (unpaired) electrons. The highest BCUT2D eigenvalue weighted by Gasteiger charge is 2.36. The molecular weight excluding hydrogens is 387 g/mol. The summed E-state index contributed by atoms with van der Waals surface area (Å²) in [5.74, 6) is 0.0252. The Hall–Kier alpha value is -2.76. The maximum atomic E-state index is 13.3. The van der Waals surface area contributed by atoms with Crippen LogP contribution in [0.15, 0.2) is 36.8 Å². The minimum absolute atomic E-state index is 0.136. The first-order valence-corrected chi connectivity index (χ1v) is 12.3. The van der Waals surface area contributed by atoms with Gasteiger partial charge < -0.3 is 9.16 Å². The molecule has 0 unspecified atom stereocenters. The van der Waals surface area contributed by atoms with Crippen molar-refractivity contribution >= 4 is 13.8 Å². The maximum absolute atomic E-state index is 13.3. The van der Waals surface area contributed by atoms with Gasteiger partial charge in [-0.3, -0.25) is 0 Å². The molecular formula is C21H25FN4O2Si. The van der Waals surface area contributed by atoms with Crippen LogP contribution in [0.4, 0.5) is 4.39 Å². The summed E-state index contributed by atoms with van der Waals surface area (Å²) >= 11 is 0. The van der Waals surface area contributed by atoms with Crippen molar-refractivity contribution in [1.82, 2.24) is 14.6 Å². The van der Waals surface area contributed by atoms with E-state index in [1.165, 1.54) is 18.5 Å². The molecule has 0 spiro atoms. The SMILES string of the molecule is CC(C)(C)[Si](C)(C)OCCOc1cc(-c2ccc(F)nc2)c2c(C#N)cnn2c1. The van der Waals surface area contributed by atoms with E-state index in [0.29, 0.717) is 41.2 Å². The molecule has 0 aromatic carbocycles. The van der Waals surface area contributed by atoms with Gasteiger partial charge in [0.05, 0.1) is 30.1 Å². The van der Waals surface area contributed by atoms with Crippen molar-refractivity contribution in [2.24, 2.45) is 0 Å². The molecule has 0 aliphatic carbocycles. The van der Waals surface area contributed by atoms with Crippen molar-refractivity contribution in [3.63, 3.8) is 0 Å². The summed E-state index contributed by atoms with van der Waals surface area (Å²) in [6.07, 6.45) is 4.66. The first-order chi connectivity index (χ1) is 13.6. The van der Waals surface area contributed by atoms with Gasteiger partial charge in [0.2, 0.25) is 5.95 Å². The van der Waals surface area contributed by atoms with Gasteiger partial charge in [-0.05, 0) is 36.3 Å². The highest BCUT2D eigenvalue weighted by Crippen LogP contribution is 2.36. The molecule has 0 saturated heterocycles. The van der Waals surface area contributed by atoms with E-state index in [9.17, 15) is 9.65 Å². The van der Waals surface area contributed by atoms with Crippen molar-refractivity contribution in [3.05, 3.63) is 48.3 Å². The monoisotopic (exact) mass is 412 g/mol. The summed E-state index contributed by atoms with van der Waals surface area (Å²) in [7, 11) is -1.83. The number of rotatable bonds is 6. The zero-order valence-corrected chi connectivity index (χ0v) is 18.4. The van der Waals surface area contributed by atoms with Gasteiger partial charge in [-0.25, -0.2) is 9.50 Å². The Balaban J connectivity index is 1.85. The van der Waals surface area contributed by atoms with Gasteiger partial charge >= 0.3 is 0 Å². The van der Waals surface area contributed by atoms with Crippen LogP contribution >= 0.6 is 0 Å². The molecule has 3 heterocycles. The van der Waals surface area contributed by atoms with Crippen LogP contribution in [0.1, 0.15) is 26.3 Å². The number of nitrogens with zero attached hydrogens (tertiary/aromatic N) is 4. The zero-order valence-electron chi connectivity index (χ0n) is 17.4. The second kappa shape index (κ2) is 7.93. The molecule has 3 aromatic heterocycles. The van der Waals surface area contributed by atoms with Crippen LogP contribution in [0.3, 0.4) is 0 Å². The van der Waals surface area contributed by atoms with Crippen molar-refractivity contribution in [2.45, 2.75) is 38.9 Å². The number of halogens is 1. The first-order valence-electron chi connectivity index (χ1n) is 9.42. The van der Waals surface area contributed by atoms with E-state index in [2.05, 4.69) is 50.0 Å². The number of fused-ring (bicyclic) bond motifs is 1. The van der Waals surface area contributed by atoms with Gasteiger partial charge in [0.25, 0.3) is 0 Å². The van der Waals surface area contributed by atoms with E-state index in [-0.39, 0.29) is 5.04 Å². The molecule has 3 rings (SSSR count). The van der Waals surface area contributed by atoms with Crippen LogP contribution in [0.2, 0.25) is 18.1 Å². The molecule has 29 heavy (non-hydrogen) atoms. The molecule has 0 amide bonds. The van der Waals surface area contributed by atoms with E-state index >= 15 is 0 Å². The summed E-state index contributed by atoms with van der Waals surface area (Å²) < 4.78 is 26.9. The fraction of sp³-hybridized carbons (Fsp3) is 0.381. The van der Waals surface area contributed by atoms with Crippen LogP contribution in [-0.2, 0) is 4.43 Å². The van der Waals surface area contributed by atoms with Crippen molar-refractivity contribution < 1.29 is 13.6 Å². The summed E-state index contributed by atoms with van der Waals surface area (Å²) in [6, 6.07) is 6.87. The summed E-state index contributed by atoms with van der Waals surface area (Å²) in [4.78, 5) is 3.72. The Kier molecular flexibility index (Phi) is 5.73. The molecule has 0 N–H and O–H groups in total. The largest absolute Gasteiger partial charge is 0.490 e. The third-order valence-electron chi connectivity index (χ3n) is 5.37. The Bertz CT molecular complexity index is 1050. The third kappa shape index (κ3) is 4.47. The lowest BCUT2D eigenvalue weighted by Crippen LogP contribution is -2.41. The predicted octanol–water partition coefficient (Wildman–Crippen LogP) is 4.81. The lowest BCUT2D eigenvalue weighted by Gasteiger charge is -2.36. The number of hydrogen-bond donors (Lipinski definition) is 0. The van der Waals surface area contributed by atoms with E-state index in [1.54, 1.807) is 16.8 Å². The zero-order chi connectivity index (χ0) is 21.2. The van der Waals surface area contributed by atoms with Crippen LogP contribution < -0.4 is 4.74 Å². The van der Waals surface area contributed by atoms with E-state index in [1.807, 2.05) is 6.07 Å². The average Bonchev–Trinajstić information content (AvgIpc) is 3.07. The second-order valence-corrected chi connectivity index (χ2v) is 13.2. The van der Waals surface area contributed by atoms with Gasteiger partial charge in [0.1, 0.15) is 18.4 Å². The van der Waals surface area contributed by atoms with Crippen molar-refractivity contribution in [1.29, 1.82) is 5.26 Å². The molecule has 0 fully saturated rings. The molecule has 0 saturated carbocycles. The minimum Gasteiger partial charge on any atom is -0.490 e. The smallest absolute Gasteiger partial charge is 0.212 e. The van der Waals surface area contributed by atoms with Crippen LogP contribution in [0.5, 0.6) is 5.75 Å². The summed E-state index contributed by atoms with van der Waals surface area (Å²) in [6.45, 7) is 11.9. The minimum atomic E-state index is -1.83. The Morgan fingerprint density at radius 3 is 2.59 bits per heavy atom. The summed E-state index contributed by atoms with van der Waals surface area (Å²) in [5.41, 5.74) is 2.44. The molecule has 152 valence electrons. The average molecular weight is 413 g/mol. The van der Waals surface area contributed by atoms with Crippen molar-refractivity contribution in [3.8, 4) is 22.9 Å². The number of ether oxygens (including phenoxy) is 1. The van der Waals surface area contributed by atoms with Gasteiger partial charge in [0.15, 0.2) is 8.32 Å². The molecule has 0 aliphatic rings. The first kappa shape index (κ1) is 21.0. The van der Waals surface area contributed by atoms with Gasteiger partial charge in [-0.15, -0.1) is 0 Å². The molecule has 6 nitrogen and oxygen atoms in total. The van der Waals surface area contributed by atoms with Crippen molar-refractivity contribution in [2.75, 3.05) is 13.2 Å². The van der Waals surface area contributed by atoms with Crippen LogP contribution in [0, 0.1) is 17.3 Å². The number of pyridine rings is 2. The highest BCUT2D eigenvalue weighted by molar-refractivity contribution is 6.74. The van der Waals surface area contributed by atoms with Gasteiger partial charge in [-0.1, -0.05) is 20.8 Å². The predicted molar refractivity (Wildman–Crippen MR) is 112 cm³/mol. The molecule has 0 atom stereocenters. The number of aromatic nitrogens is 3. The Morgan fingerprint density at radius 2 is 1.97 bits per heavy atom. The van der Waals surface area contributed by atoms with Gasteiger partial charge in [0, 0.05) is 17.3 Å². The maximum Gasteiger partial charge on any atom is 0.212 e. The van der Waals surface area contributed by atoms with E-state index < -0.39 is 14.3 Å². The topological polar surface area (TPSA) is 72.4 Å².